The normalized spacial score (nSPS) is 11.6. The third-order valence-electron chi connectivity index (χ3n) is 1.19. The SMILES string of the molecule is CCC/C=C/[CH][Si](C)(C)C.[K+]. The molecule has 1 radical (unpaired) electrons. The van der Waals surface area contributed by atoms with E-state index in [2.05, 4.69) is 44.8 Å². The van der Waals surface area contributed by atoms with Gasteiger partial charge in [0.05, 0.1) is 8.07 Å². The van der Waals surface area contributed by atoms with E-state index in [9.17, 15) is 0 Å². The number of allylic oxidation sites excluding steroid dienone is 2. The molecule has 0 heterocycles. The molecule has 0 bridgehead atoms. The molecule has 0 aliphatic carbocycles. The van der Waals surface area contributed by atoms with Crippen LogP contribution in [-0.4, -0.2) is 8.07 Å². The molecule has 2 heteroatoms. The predicted octanol–water partition coefficient (Wildman–Crippen LogP) is 0.428. The van der Waals surface area contributed by atoms with Crippen molar-refractivity contribution in [2.45, 2.75) is 39.4 Å². The predicted molar refractivity (Wildman–Crippen MR) is 51.7 cm³/mol. The fourth-order valence-electron chi connectivity index (χ4n) is 0.620. The molecule has 0 amide bonds. The quantitative estimate of drug-likeness (QED) is 0.570. The van der Waals surface area contributed by atoms with Crippen LogP contribution in [0.4, 0.5) is 0 Å². The average molecular weight is 194 g/mol. The number of unbranched alkanes of at least 4 members (excludes halogenated alkanes) is 1. The van der Waals surface area contributed by atoms with Gasteiger partial charge in [0.25, 0.3) is 0 Å². The van der Waals surface area contributed by atoms with Crippen molar-refractivity contribution in [2.24, 2.45) is 0 Å². The summed E-state index contributed by atoms with van der Waals surface area (Å²) in [5.41, 5.74) is 0. The Kier molecular flexibility index (Phi) is 11.2. The summed E-state index contributed by atoms with van der Waals surface area (Å²) in [5.74, 6) is 0. The van der Waals surface area contributed by atoms with Crippen molar-refractivity contribution >= 4 is 8.07 Å². The Hall–Kier alpha value is 1.59. The van der Waals surface area contributed by atoms with E-state index < -0.39 is 8.07 Å². The Morgan fingerprint density at radius 3 is 2.09 bits per heavy atom. The maximum atomic E-state index is 2.38. The summed E-state index contributed by atoms with van der Waals surface area (Å²) in [5, 5.41) is 0. The van der Waals surface area contributed by atoms with Gasteiger partial charge in [-0.2, -0.15) is 0 Å². The second-order valence-corrected chi connectivity index (χ2v) is 8.81. The van der Waals surface area contributed by atoms with Gasteiger partial charge in [0.2, 0.25) is 0 Å². The smallest absolute Gasteiger partial charge is 0.0885 e. The molecule has 0 aromatic heterocycles. The molecule has 0 saturated carbocycles. The van der Waals surface area contributed by atoms with Crippen molar-refractivity contribution < 1.29 is 51.4 Å². The Bertz CT molecular complexity index is 103. The third kappa shape index (κ3) is 14.4. The van der Waals surface area contributed by atoms with Crippen LogP contribution in [-0.2, 0) is 0 Å². The largest absolute Gasteiger partial charge is 1.00 e. The number of rotatable bonds is 4. The summed E-state index contributed by atoms with van der Waals surface area (Å²) in [7, 11) is -0.919. The fourth-order valence-corrected chi connectivity index (χ4v) is 1.33. The molecule has 11 heavy (non-hydrogen) atoms. The van der Waals surface area contributed by atoms with E-state index in [1.54, 1.807) is 0 Å². The summed E-state index contributed by atoms with van der Waals surface area (Å²) in [4.78, 5) is 0. The minimum absolute atomic E-state index is 0. The molecule has 0 aromatic carbocycles. The van der Waals surface area contributed by atoms with Crippen molar-refractivity contribution in [1.29, 1.82) is 0 Å². The van der Waals surface area contributed by atoms with Crippen molar-refractivity contribution in [2.75, 3.05) is 0 Å². The van der Waals surface area contributed by atoms with Crippen LogP contribution in [0.5, 0.6) is 0 Å². The van der Waals surface area contributed by atoms with E-state index in [0.29, 0.717) is 0 Å². The Morgan fingerprint density at radius 2 is 1.73 bits per heavy atom. The number of hydrogen-bond acceptors (Lipinski definition) is 0. The zero-order valence-corrected chi connectivity index (χ0v) is 12.8. The van der Waals surface area contributed by atoms with E-state index in [0.717, 1.165) is 0 Å². The maximum Gasteiger partial charge on any atom is 1.00 e. The van der Waals surface area contributed by atoms with E-state index in [-0.39, 0.29) is 51.4 Å². The van der Waals surface area contributed by atoms with Gasteiger partial charge in [-0.1, -0.05) is 45.1 Å². The Morgan fingerprint density at radius 1 is 1.18 bits per heavy atom. The molecular weight excluding hydrogens is 175 g/mol. The molecule has 0 rings (SSSR count). The number of hydrogen-bond donors (Lipinski definition) is 0. The van der Waals surface area contributed by atoms with Crippen LogP contribution in [0.25, 0.3) is 0 Å². The first kappa shape index (κ1) is 15.1. The Labute approximate surface area is 115 Å². The maximum absolute atomic E-state index is 2.38. The first-order valence-corrected chi connectivity index (χ1v) is 7.65. The molecule has 0 spiro atoms. The Balaban J connectivity index is 0. The van der Waals surface area contributed by atoms with Gasteiger partial charge in [0.15, 0.2) is 0 Å². The van der Waals surface area contributed by atoms with Crippen molar-refractivity contribution in [3.63, 3.8) is 0 Å². The van der Waals surface area contributed by atoms with Crippen LogP contribution in [0.1, 0.15) is 19.8 Å². The topological polar surface area (TPSA) is 0 Å². The van der Waals surface area contributed by atoms with E-state index in [4.69, 9.17) is 0 Å². The summed E-state index contributed by atoms with van der Waals surface area (Å²) in [6.45, 7) is 9.26. The zero-order valence-electron chi connectivity index (χ0n) is 8.65. The van der Waals surface area contributed by atoms with Gasteiger partial charge >= 0.3 is 51.4 Å². The van der Waals surface area contributed by atoms with Crippen LogP contribution in [0.15, 0.2) is 12.2 Å². The van der Waals surface area contributed by atoms with E-state index in [1.807, 2.05) is 0 Å². The molecule has 0 aliphatic heterocycles. The second kappa shape index (κ2) is 8.20. The first-order valence-electron chi connectivity index (χ1n) is 4.07. The van der Waals surface area contributed by atoms with E-state index >= 15 is 0 Å². The van der Waals surface area contributed by atoms with Crippen molar-refractivity contribution in [1.82, 2.24) is 0 Å². The molecule has 0 atom stereocenters. The summed E-state index contributed by atoms with van der Waals surface area (Å²) in [6.07, 6.45) is 6.98. The van der Waals surface area contributed by atoms with Gasteiger partial charge in [0.1, 0.15) is 0 Å². The van der Waals surface area contributed by atoms with Gasteiger partial charge in [-0.25, -0.2) is 0 Å². The van der Waals surface area contributed by atoms with Gasteiger partial charge in [0, 0.05) is 0 Å². The standard InChI is InChI=1S/C9H19Si.K/c1-5-6-7-8-9-10(2,3)4;/h7-9H,5-6H2,1-4H3;/q;+1/b8-7+;. The molecule has 0 unspecified atom stereocenters. The van der Waals surface area contributed by atoms with Gasteiger partial charge < -0.3 is 0 Å². The molecule has 0 nitrogen and oxygen atoms in total. The van der Waals surface area contributed by atoms with Gasteiger partial charge in [-0.05, 0) is 12.5 Å². The molecular formula is C9H19KSi+. The molecule has 0 saturated heterocycles. The summed E-state index contributed by atoms with van der Waals surface area (Å²) >= 11 is 0. The minimum atomic E-state index is -0.919. The van der Waals surface area contributed by atoms with Crippen LogP contribution in [0.2, 0.25) is 19.6 Å². The molecule has 0 N–H and O–H groups in total. The van der Waals surface area contributed by atoms with Crippen LogP contribution in [0, 0.1) is 6.04 Å². The minimum Gasteiger partial charge on any atom is -0.0885 e. The van der Waals surface area contributed by atoms with Crippen molar-refractivity contribution in [3.8, 4) is 0 Å². The summed E-state index contributed by atoms with van der Waals surface area (Å²) < 4.78 is 0. The summed E-state index contributed by atoms with van der Waals surface area (Å²) in [6, 6.07) is 2.38. The monoisotopic (exact) mass is 194 g/mol. The third-order valence-corrected chi connectivity index (χ3v) is 2.38. The van der Waals surface area contributed by atoms with Crippen LogP contribution < -0.4 is 51.4 Å². The van der Waals surface area contributed by atoms with Gasteiger partial charge in [-0.15, -0.1) is 0 Å². The molecule has 0 aliphatic rings. The molecule has 59 valence electrons. The van der Waals surface area contributed by atoms with Crippen molar-refractivity contribution in [3.05, 3.63) is 18.2 Å². The molecule has 0 fully saturated rings. The second-order valence-electron chi connectivity index (χ2n) is 3.75. The van der Waals surface area contributed by atoms with Crippen LogP contribution >= 0.6 is 0 Å². The first-order chi connectivity index (χ1) is 4.56. The molecule has 0 aromatic rings. The average Bonchev–Trinajstić information content (AvgIpc) is 1.78. The van der Waals surface area contributed by atoms with E-state index in [1.165, 1.54) is 12.8 Å². The fraction of sp³-hybridized carbons (Fsp3) is 0.667. The van der Waals surface area contributed by atoms with Gasteiger partial charge in [-0.3, -0.25) is 0 Å². The van der Waals surface area contributed by atoms with Crippen LogP contribution in [0.3, 0.4) is 0 Å². The zero-order chi connectivity index (χ0) is 8.04.